The molecule has 51 heavy (non-hydrogen) atoms. The third kappa shape index (κ3) is 5.81. The monoisotopic (exact) mass is 710 g/mol. The number of hydrogen-bond donors (Lipinski definition) is 3. The Hall–Kier alpha value is -4.27. The van der Waals surface area contributed by atoms with Crippen LogP contribution in [0, 0.1) is 22.2 Å². The molecule has 15 nitrogen and oxygen atoms in total. The molecule has 3 atom stereocenters. The van der Waals surface area contributed by atoms with E-state index in [2.05, 4.69) is 34.1 Å². The van der Waals surface area contributed by atoms with E-state index in [4.69, 9.17) is 15.2 Å². The predicted octanol–water partition coefficient (Wildman–Crippen LogP) is 3.74. The molecule has 3 aliphatic carbocycles. The fourth-order valence-corrected chi connectivity index (χ4v) is 9.01. The zero-order chi connectivity index (χ0) is 37.4. The van der Waals surface area contributed by atoms with Crippen LogP contribution in [0.15, 0.2) is 29.2 Å². The first kappa shape index (κ1) is 38.0. The summed E-state index contributed by atoms with van der Waals surface area (Å²) in [6.45, 7) is 11.7. The summed E-state index contributed by atoms with van der Waals surface area (Å²) < 4.78 is 15.0. The molecule has 1 saturated heterocycles. The molecule has 1 aliphatic heterocycles. The van der Waals surface area contributed by atoms with Crippen molar-refractivity contribution in [2.45, 2.75) is 118 Å². The van der Waals surface area contributed by atoms with Crippen LogP contribution in [0.5, 0.6) is 0 Å². The van der Waals surface area contributed by atoms with E-state index in [1.165, 1.54) is 26.5 Å². The van der Waals surface area contributed by atoms with Crippen molar-refractivity contribution in [2.24, 2.45) is 32.1 Å². The van der Waals surface area contributed by atoms with Gasteiger partial charge in [-0.3, -0.25) is 33.1 Å². The molecular formula is C36H54N8O7. The molecular weight excluding hydrogens is 656 g/mol. The maximum atomic E-state index is 12.9. The standard InChI is InChI=1S/C21H30N4O4.C15H24N4O3/c1-6-10-24-14(13(22)15(26)25(11-7-2)17(24)28)23-12-20-8-9-21(20)18(3,4)19(21,5)16(27)29-20;1-16-12-13(17-10-11-6-3-4-7-11)19(8-5-9-22-2)15(21)18-14(12)20/h12H,6-11,22H2,1-5H3;10-11,16H,3-9H2,1-2H3,(H,18,20,21)/b23-12+;17-10+. The number of carbonyl (C=O) groups is 1. The number of ether oxygens (including phenoxy) is 2. The fraction of sp³-hybridized carbons (Fsp3) is 0.694. The number of methoxy groups -OCH3 is 1. The van der Waals surface area contributed by atoms with Crippen molar-refractivity contribution < 1.29 is 14.3 Å². The van der Waals surface area contributed by atoms with Crippen LogP contribution in [0.2, 0.25) is 0 Å². The lowest BCUT2D eigenvalue weighted by atomic mass is 9.62. The molecule has 15 heteroatoms. The summed E-state index contributed by atoms with van der Waals surface area (Å²) in [4.78, 5) is 73.6. The summed E-state index contributed by atoms with van der Waals surface area (Å²) in [5, 5.41) is 2.85. The van der Waals surface area contributed by atoms with Gasteiger partial charge in [0, 0.05) is 52.0 Å². The van der Waals surface area contributed by atoms with E-state index in [0.717, 1.165) is 19.3 Å². The van der Waals surface area contributed by atoms with Crippen LogP contribution >= 0.6 is 0 Å². The minimum Gasteiger partial charge on any atom is -0.452 e. The minimum absolute atomic E-state index is 0.0466. The molecule has 3 saturated carbocycles. The average molecular weight is 711 g/mol. The van der Waals surface area contributed by atoms with Gasteiger partial charge in [-0.15, -0.1) is 0 Å². The highest BCUT2D eigenvalue weighted by Gasteiger charge is 2.97. The van der Waals surface area contributed by atoms with E-state index in [9.17, 15) is 24.0 Å². The second-order valence-electron chi connectivity index (χ2n) is 14.8. The minimum atomic E-state index is -0.792. The van der Waals surface area contributed by atoms with Gasteiger partial charge in [-0.1, -0.05) is 40.5 Å². The van der Waals surface area contributed by atoms with Gasteiger partial charge in [0.1, 0.15) is 11.4 Å². The van der Waals surface area contributed by atoms with Gasteiger partial charge in [0.25, 0.3) is 11.1 Å². The molecule has 2 aromatic rings. The number of nitrogens with zero attached hydrogens (tertiary/aromatic N) is 5. The van der Waals surface area contributed by atoms with E-state index in [-0.39, 0.29) is 28.3 Å². The maximum absolute atomic E-state index is 12.9. The van der Waals surface area contributed by atoms with Crippen LogP contribution in [0.25, 0.3) is 0 Å². The van der Waals surface area contributed by atoms with Gasteiger partial charge >= 0.3 is 17.3 Å². The van der Waals surface area contributed by atoms with Crippen molar-refractivity contribution in [2.75, 3.05) is 31.8 Å². The van der Waals surface area contributed by atoms with Gasteiger partial charge in [0.15, 0.2) is 17.2 Å². The molecule has 2 aromatic heterocycles. The highest BCUT2D eigenvalue weighted by atomic mass is 16.6. The van der Waals surface area contributed by atoms with E-state index in [1.807, 2.05) is 27.0 Å². The number of nitrogen functional groups attached to an aromatic ring is 1. The van der Waals surface area contributed by atoms with Crippen LogP contribution in [0.3, 0.4) is 0 Å². The quantitative estimate of drug-likeness (QED) is 0.158. The summed E-state index contributed by atoms with van der Waals surface area (Å²) in [5.41, 5.74) is 2.84. The Kier molecular flexibility index (Phi) is 10.7. The SMILES string of the molecule is CCCn1c(/N=C/C23CCC24C(C)(C)C4(C)C(=O)O3)c(N)c(=O)n(CCC)c1=O.CNc1c(/N=C/C2CCCC2)n(CCCOC)c(=O)[nH]c1=O. The van der Waals surface area contributed by atoms with Crippen LogP contribution in [0.4, 0.5) is 23.0 Å². The Balaban J connectivity index is 0.000000206. The molecule has 3 heterocycles. The largest absolute Gasteiger partial charge is 0.452 e. The third-order valence-electron chi connectivity index (χ3n) is 12.1. The van der Waals surface area contributed by atoms with Gasteiger partial charge in [0.2, 0.25) is 0 Å². The Bertz CT molecular complexity index is 1950. The smallest absolute Gasteiger partial charge is 0.332 e. The molecule has 0 amide bonds. The summed E-state index contributed by atoms with van der Waals surface area (Å²) >= 11 is 0. The van der Waals surface area contributed by atoms with E-state index >= 15 is 0 Å². The molecule has 4 aliphatic rings. The number of aromatic nitrogens is 4. The summed E-state index contributed by atoms with van der Waals surface area (Å²) in [5.74, 6) is 0.809. The first-order valence-electron chi connectivity index (χ1n) is 18.2. The number of hydrogen-bond acceptors (Lipinski definition) is 11. The number of rotatable bonds is 13. The maximum Gasteiger partial charge on any atom is 0.332 e. The van der Waals surface area contributed by atoms with Crippen LogP contribution in [0.1, 0.15) is 92.4 Å². The van der Waals surface area contributed by atoms with E-state index in [0.29, 0.717) is 69.3 Å². The molecule has 0 radical (unpaired) electrons. The van der Waals surface area contributed by atoms with Crippen molar-refractivity contribution in [3.05, 3.63) is 41.7 Å². The number of esters is 1. The van der Waals surface area contributed by atoms with Gasteiger partial charge in [-0.2, -0.15) is 0 Å². The molecule has 0 aromatic carbocycles. The third-order valence-corrected chi connectivity index (χ3v) is 12.1. The second kappa shape index (κ2) is 14.4. The van der Waals surface area contributed by atoms with Crippen LogP contribution in [-0.2, 0) is 33.9 Å². The molecule has 0 bridgehead atoms. The van der Waals surface area contributed by atoms with Gasteiger partial charge < -0.3 is 20.5 Å². The Morgan fingerprint density at radius 3 is 2.20 bits per heavy atom. The first-order chi connectivity index (χ1) is 24.2. The normalized spacial score (nSPS) is 26.1. The molecule has 280 valence electrons. The van der Waals surface area contributed by atoms with Crippen LogP contribution < -0.4 is 33.5 Å². The fourth-order valence-electron chi connectivity index (χ4n) is 9.01. The molecule has 6 rings (SSSR count). The van der Waals surface area contributed by atoms with Crippen molar-refractivity contribution in [3.63, 3.8) is 0 Å². The zero-order valence-corrected chi connectivity index (χ0v) is 31.1. The van der Waals surface area contributed by atoms with E-state index < -0.39 is 33.5 Å². The number of aliphatic imine (C=N–C) groups is 2. The highest BCUT2D eigenvalue weighted by Crippen LogP contribution is 2.92. The van der Waals surface area contributed by atoms with Crippen molar-refractivity contribution in [3.8, 4) is 0 Å². The van der Waals surface area contributed by atoms with Crippen LogP contribution in [-0.4, -0.2) is 63.4 Å². The number of aromatic amines is 1. The number of nitrogens with one attached hydrogen (secondary N) is 2. The summed E-state index contributed by atoms with van der Waals surface area (Å²) in [6, 6.07) is 0. The highest BCUT2D eigenvalue weighted by molar-refractivity contribution is 5.96. The predicted molar refractivity (Wildman–Crippen MR) is 198 cm³/mol. The second-order valence-corrected chi connectivity index (χ2v) is 14.8. The number of carbonyl (C=O) groups excluding carboxylic acids is 1. The zero-order valence-electron chi connectivity index (χ0n) is 31.1. The average Bonchev–Trinajstić information content (AvgIpc) is 3.39. The molecule has 4 fully saturated rings. The van der Waals surface area contributed by atoms with Gasteiger partial charge in [-0.05, 0) is 63.2 Å². The lowest BCUT2D eigenvalue weighted by molar-refractivity contribution is -0.161. The lowest BCUT2D eigenvalue weighted by Crippen LogP contribution is -2.53. The van der Waals surface area contributed by atoms with E-state index in [1.54, 1.807) is 20.4 Å². The summed E-state index contributed by atoms with van der Waals surface area (Å²) in [7, 11) is 3.27. The number of H-pyrrole nitrogens is 1. The Labute approximate surface area is 297 Å². The van der Waals surface area contributed by atoms with Crippen molar-refractivity contribution >= 4 is 41.4 Å². The molecule has 4 N–H and O–H groups in total. The number of anilines is 2. The molecule has 3 unspecified atom stereocenters. The topological polar surface area (TPSA) is 197 Å². The van der Waals surface area contributed by atoms with Crippen molar-refractivity contribution in [1.29, 1.82) is 0 Å². The van der Waals surface area contributed by atoms with Gasteiger partial charge in [-0.25, -0.2) is 19.6 Å². The first-order valence-corrected chi connectivity index (χ1v) is 18.2. The van der Waals surface area contributed by atoms with Crippen molar-refractivity contribution in [1.82, 2.24) is 18.7 Å². The van der Waals surface area contributed by atoms with Gasteiger partial charge in [0.05, 0.1) is 11.6 Å². The lowest BCUT2D eigenvalue weighted by Gasteiger charge is -2.46. The molecule has 1 spiro atoms. The Morgan fingerprint density at radius 1 is 0.961 bits per heavy atom. The Morgan fingerprint density at radius 2 is 1.63 bits per heavy atom. The summed E-state index contributed by atoms with van der Waals surface area (Å²) in [6.07, 6.45) is 11.8. The number of nitrogens with two attached hydrogens (primary N) is 1.